The maximum absolute atomic E-state index is 13.3. The second-order valence-corrected chi connectivity index (χ2v) is 4.79. The third-order valence-corrected chi connectivity index (χ3v) is 3.45. The van der Waals surface area contributed by atoms with Crippen LogP contribution in [0.15, 0.2) is 36.4 Å². The average molecular weight is 282 g/mol. The van der Waals surface area contributed by atoms with E-state index in [2.05, 4.69) is 5.32 Å². The van der Waals surface area contributed by atoms with Gasteiger partial charge in [-0.3, -0.25) is 0 Å². The molecule has 2 aromatic rings. The molecular formula is C15H14ClF2N. The number of nitrogens with one attached hydrogen (secondary N) is 1. The lowest BCUT2D eigenvalue weighted by Gasteiger charge is -2.13. The summed E-state index contributed by atoms with van der Waals surface area (Å²) < 4.78 is 26.4. The van der Waals surface area contributed by atoms with E-state index in [0.29, 0.717) is 5.56 Å². The molecule has 0 aliphatic carbocycles. The van der Waals surface area contributed by atoms with Gasteiger partial charge in [0.15, 0.2) is 11.6 Å². The van der Waals surface area contributed by atoms with Crippen molar-refractivity contribution in [3.63, 3.8) is 0 Å². The van der Waals surface area contributed by atoms with Crippen LogP contribution in [0.25, 0.3) is 11.1 Å². The van der Waals surface area contributed by atoms with Crippen LogP contribution in [0.3, 0.4) is 0 Å². The smallest absolute Gasteiger partial charge is 0.160 e. The zero-order valence-electron chi connectivity index (χ0n) is 10.7. The fraction of sp³-hybridized carbons (Fsp3) is 0.200. The lowest BCUT2D eigenvalue weighted by molar-refractivity contribution is 0.509. The van der Waals surface area contributed by atoms with E-state index in [0.717, 1.165) is 23.3 Å². The monoisotopic (exact) mass is 281 g/mol. The lowest BCUT2D eigenvalue weighted by Crippen LogP contribution is -2.12. The molecule has 1 unspecified atom stereocenters. The maximum atomic E-state index is 13.3. The molecule has 2 aromatic carbocycles. The summed E-state index contributed by atoms with van der Waals surface area (Å²) in [7, 11) is 1.86. The molecule has 1 nitrogen and oxygen atoms in total. The molecule has 4 heteroatoms. The molecule has 100 valence electrons. The van der Waals surface area contributed by atoms with E-state index in [9.17, 15) is 8.78 Å². The molecule has 0 bridgehead atoms. The number of benzene rings is 2. The summed E-state index contributed by atoms with van der Waals surface area (Å²) in [5, 5.41) is 3.33. The molecule has 1 atom stereocenters. The summed E-state index contributed by atoms with van der Waals surface area (Å²) >= 11 is 5.98. The van der Waals surface area contributed by atoms with Crippen molar-refractivity contribution in [3.05, 3.63) is 58.6 Å². The van der Waals surface area contributed by atoms with Crippen LogP contribution in [0.5, 0.6) is 0 Å². The van der Waals surface area contributed by atoms with Crippen molar-refractivity contribution >= 4 is 11.6 Å². The molecular weight excluding hydrogens is 268 g/mol. The molecule has 0 aliphatic heterocycles. The van der Waals surface area contributed by atoms with Crippen LogP contribution < -0.4 is 5.32 Å². The van der Waals surface area contributed by atoms with Gasteiger partial charge in [-0.05, 0) is 43.3 Å². The van der Waals surface area contributed by atoms with Gasteiger partial charge in [-0.15, -0.1) is 0 Å². The zero-order chi connectivity index (χ0) is 14.0. The third-order valence-electron chi connectivity index (χ3n) is 3.14. The minimum atomic E-state index is -0.937. The molecule has 0 amide bonds. The Hall–Kier alpha value is -1.45. The number of halogens is 3. The van der Waals surface area contributed by atoms with Gasteiger partial charge in [-0.2, -0.15) is 0 Å². The van der Waals surface area contributed by atoms with Crippen LogP contribution in [0, 0.1) is 11.6 Å². The third kappa shape index (κ3) is 2.94. The van der Waals surface area contributed by atoms with E-state index < -0.39 is 11.6 Å². The SMILES string of the molecule is CNC(C)c1cccc(-c2cc(F)c(F)cc2Cl)c1. The molecule has 0 radical (unpaired) electrons. The molecule has 0 aromatic heterocycles. The van der Waals surface area contributed by atoms with E-state index in [1.807, 2.05) is 38.2 Å². The first-order valence-corrected chi connectivity index (χ1v) is 6.33. The minimum Gasteiger partial charge on any atom is -0.313 e. The van der Waals surface area contributed by atoms with E-state index in [1.54, 1.807) is 0 Å². The normalized spacial score (nSPS) is 12.5. The minimum absolute atomic E-state index is 0.170. The van der Waals surface area contributed by atoms with E-state index >= 15 is 0 Å². The summed E-state index contributed by atoms with van der Waals surface area (Å²) in [5.74, 6) is -1.83. The predicted octanol–water partition coefficient (Wildman–Crippen LogP) is 4.57. The van der Waals surface area contributed by atoms with Gasteiger partial charge < -0.3 is 5.32 Å². The first-order chi connectivity index (χ1) is 9.02. The maximum Gasteiger partial charge on any atom is 0.160 e. The Morgan fingerprint density at radius 1 is 1.11 bits per heavy atom. The number of hydrogen-bond acceptors (Lipinski definition) is 1. The second kappa shape index (κ2) is 5.68. The Morgan fingerprint density at radius 2 is 1.79 bits per heavy atom. The predicted molar refractivity (Wildman–Crippen MR) is 74.3 cm³/mol. The highest BCUT2D eigenvalue weighted by Crippen LogP contribution is 2.31. The molecule has 0 heterocycles. The van der Waals surface area contributed by atoms with Crippen molar-refractivity contribution in [2.75, 3.05) is 7.05 Å². The molecule has 0 spiro atoms. The summed E-state index contributed by atoms with van der Waals surface area (Å²) in [6, 6.07) is 9.88. The van der Waals surface area contributed by atoms with Crippen molar-refractivity contribution < 1.29 is 8.78 Å². The van der Waals surface area contributed by atoms with Gasteiger partial charge >= 0.3 is 0 Å². The molecule has 0 fully saturated rings. The molecule has 0 saturated carbocycles. The van der Waals surface area contributed by atoms with Crippen molar-refractivity contribution in [1.82, 2.24) is 5.32 Å². The van der Waals surface area contributed by atoms with E-state index in [-0.39, 0.29) is 11.1 Å². The van der Waals surface area contributed by atoms with Gasteiger partial charge in [0.25, 0.3) is 0 Å². The Labute approximate surface area is 116 Å². The van der Waals surface area contributed by atoms with E-state index in [1.165, 1.54) is 0 Å². The average Bonchev–Trinajstić information content (AvgIpc) is 2.42. The molecule has 19 heavy (non-hydrogen) atoms. The summed E-state index contributed by atoms with van der Waals surface area (Å²) in [4.78, 5) is 0. The van der Waals surface area contributed by atoms with Crippen LogP contribution in [0.4, 0.5) is 8.78 Å². The van der Waals surface area contributed by atoms with Crippen LogP contribution in [-0.4, -0.2) is 7.05 Å². The summed E-state index contributed by atoms with van der Waals surface area (Å²) in [6.07, 6.45) is 0. The quantitative estimate of drug-likeness (QED) is 0.813. The highest BCUT2D eigenvalue weighted by Gasteiger charge is 2.11. The zero-order valence-corrected chi connectivity index (χ0v) is 11.4. The molecule has 0 saturated heterocycles. The van der Waals surface area contributed by atoms with E-state index in [4.69, 9.17) is 11.6 Å². The summed E-state index contributed by atoms with van der Waals surface area (Å²) in [5.41, 5.74) is 2.31. The fourth-order valence-corrected chi connectivity index (χ4v) is 2.15. The van der Waals surface area contributed by atoms with Crippen molar-refractivity contribution in [2.45, 2.75) is 13.0 Å². The highest BCUT2D eigenvalue weighted by molar-refractivity contribution is 6.33. The largest absolute Gasteiger partial charge is 0.313 e. The Balaban J connectivity index is 2.50. The summed E-state index contributed by atoms with van der Waals surface area (Å²) in [6.45, 7) is 2.02. The Bertz CT molecular complexity index is 599. The van der Waals surface area contributed by atoms with Crippen LogP contribution in [-0.2, 0) is 0 Å². The first-order valence-electron chi connectivity index (χ1n) is 5.95. The van der Waals surface area contributed by atoms with Crippen molar-refractivity contribution in [2.24, 2.45) is 0 Å². The number of hydrogen-bond donors (Lipinski definition) is 1. The Morgan fingerprint density at radius 3 is 2.47 bits per heavy atom. The van der Waals surface area contributed by atoms with Gasteiger partial charge in [-0.1, -0.05) is 29.8 Å². The van der Waals surface area contributed by atoms with Gasteiger partial charge in [0.2, 0.25) is 0 Å². The van der Waals surface area contributed by atoms with Crippen LogP contribution in [0.1, 0.15) is 18.5 Å². The van der Waals surface area contributed by atoms with Gasteiger partial charge in [0.1, 0.15) is 0 Å². The van der Waals surface area contributed by atoms with Gasteiger partial charge in [0.05, 0.1) is 5.02 Å². The Kier molecular flexibility index (Phi) is 4.17. The van der Waals surface area contributed by atoms with Crippen LogP contribution >= 0.6 is 11.6 Å². The molecule has 0 aliphatic rings. The molecule has 1 N–H and O–H groups in total. The van der Waals surface area contributed by atoms with Crippen LogP contribution in [0.2, 0.25) is 5.02 Å². The highest BCUT2D eigenvalue weighted by atomic mass is 35.5. The first kappa shape index (κ1) is 14.0. The second-order valence-electron chi connectivity index (χ2n) is 4.38. The topological polar surface area (TPSA) is 12.0 Å². The van der Waals surface area contributed by atoms with Gasteiger partial charge in [-0.25, -0.2) is 8.78 Å². The fourth-order valence-electron chi connectivity index (χ4n) is 1.89. The van der Waals surface area contributed by atoms with Crippen molar-refractivity contribution in [3.8, 4) is 11.1 Å². The lowest BCUT2D eigenvalue weighted by atomic mass is 10.00. The van der Waals surface area contributed by atoms with Crippen molar-refractivity contribution in [1.29, 1.82) is 0 Å². The van der Waals surface area contributed by atoms with Gasteiger partial charge in [0, 0.05) is 11.6 Å². The standard InChI is InChI=1S/C15H14ClF2N/c1-9(19-2)10-4-3-5-11(6-10)12-7-14(17)15(18)8-13(12)16/h3-9,19H,1-2H3. The molecule has 2 rings (SSSR count). The number of rotatable bonds is 3.